The molecule has 1 aromatic carbocycles. The van der Waals surface area contributed by atoms with Crippen LogP contribution >= 0.6 is 11.6 Å². The van der Waals surface area contributed by atoms with Gasteiger partial charge in [0.15, 0.2) is 11.3 Å². The number of halogens is 1. The second-order valence-corrected chi connectivity index (χ2v) is 3.19. The number of nitriles is 1. The third kappa shape index (κ3) is 1.30. The Kier molecular flexibility index (Phi) is 2.06. The van der Waals surface area contributed by atoms with Crippen molar-refractivity contribution in [2.75, 3.05) is 7.11 Å². The van der Waals surface area contributed by atoms with E-state index in [1.807, 2.05) is 6.07 Å². The molecule has 0 saturated heterocycles. The molecule has 0 fully saturated rings. The van der Waals surface area contributed by atoms with Gasteiger partial charge in [-0.3, -0.25) is 0 Å². The van der Waals surface area contributed by atoms with E-state index < -0.39 is 0 Å². The fourth-order valence-electron chi connectivity index (χ4n) is 1.29. The lowest BCUT2D eigenvalue weighted by Crippen LogP contribution is -1.82. The molecule has 3 nitrogen and oxygen atoms in total. The van der Waals surface area contributed by atoms with Gasteiger partial charge in [0.1, 0.15) is 6.07 Å². The number of rotatable bonds is 1. The molecule has 0 aliphatic carbocycles. The van der Waals surface area contributed by atoms with Crippen molar-refractivity contribution in [1.29, 1.82) is 5.26 Å². The minimum atomic E-state index is 0.251. The first-order valence-electron chi connectivity index (χ1n) is 3.92. The Morgan fingerprint density at radius 2 is 2.21 bits per heavy atom. The third-order valence-corrected chi connectivity index (χ3v) is 2.10. The molecule has 0 aliphatic heterocycles. The highest BCUT2D eigenvalue weighted by Crippen LogP contribution is 2.31. The average molecular weight is 208 g/mol. The topological polar surface area (TPSA) is 46.2 Å². The highest BCUT2D eigenvalue weighted by molar-refractivity contribution is 6.31. The van der Waals surface area contributed by atoms with Crippen LogP contribution in [0, 0.1) is 11.3 Å². The maximum absolute atomic E-state index is 8.65. The van der Waals surface area contributed by atoms with E-state index in [0.29, 0.717) is 16.4 Å². The quantitative estimate of drug-likeness (QED) is 0.722. The smallest absolute Gasteiger partial charge is 0.205 e. The van der Waals surface area contributed by atoms with Gasteiger partial charge < -0.3 is 9.15 Å². The number of nitrogens with zero attached hydrogens (tertiary/aromatic N) is 1. The molecule has 0 aliphatic rings. The summed E-state index contributed by atoms with van der Waals surface area (Å²) in [6.45, 7) is 0. The number of methoxy groups -OCH3 is 1. The molecule has 4 heteroatoms. The molecule has 70 valence electrons. The molecule has 0 amide bonds. The Morgan fingerprint density at radius 3 is 2.86 bits per heavy atom. The van der Waals surface area contributed by atoms with E-state index in [4.69, 9.17) is 26.0 Å². The Hall–Kier alpha value is -1.66. The van der Waals surface area contributed by atoms with Crippen molar-refractivity contribution < 1.29 is 9.15 Å². The molecule has 1 heterocycles. The van der Waals surface area contributed by atoms with Gasteiger partial charge in [0.25, 0.3) is 0 Å². The Bertz CT molecular complexity index is 525. The van der Waals surface area contributed by atoms with Gasteiger partial charge in [0.05, 0.1) is 7.11 Å². The van der Waals surface area contributed by atoms with E-state index in [1.54, 1.807) is 18.2 Å². The third-order valence-electron chi connectivity index (χ3n) is 1.88. The summed E-state index contributed by atoms with van der Waals surface area (Å²) in [5.41, 5.74) is 0.549. The van der Waals surface area contributed by atoms with Crippen LogP contribution in [0.15, 0.2) is 22.6 Å². The summed E-state index contributed by atoms with van der Waals surface area (Å²) in [6, 6.07) is 6.92. The van der Waals surface area contributed by atoms with Gasteiger partial charge >= 0.3 is 0 Å². The summed E-state index contributed by atoms with van der Waals surface area (Å²) < 4.78 is 10.3. The molecule has 14 heavy (non-hydrogen) atoms. The van der Waals surface area contributed by atoms with Crippen LogP contribution in [0.4, 0.5) is 0 Å². The lowest BCUT2D eigenvalue weighted by atomic mass is 10.2. The SMILES string of the molecule is COc1cc(Cl)cc2cc(C#N)oc12. The van der Waals surface area contributed by atoms with Gasteiger partial charge in [-0.1, -0.05) is 11.6 Å². The van der Waals surface area contributed by atoms with Crippen LogP contribution in [0.5, 0.6) is 5.75 Å². The Morgan fingerprint density at radius 1 is 1.43 bits per heavy atom. The monoisotopic (exact) mass is 207 g/mol. The van der Waals surface area contributed by atoms with Gasteiger partial charge in [-0.05, 0) is 6.07 Å². The molecule has 0 bridgehead atoms. The van der Waals surface area contributed by atoms with Crippen LogP contribution in [-0.2, 0) is 0 Å². The molecule has 2 aromatic rings. The Labute approximate surface area is 85.4 Å². The standard InChI is InChI=1S/C10H6ClNO2/c1-13-9-4-7(11)2-6-3-8(5-12)14-10(6)9/h2-4H,1H3. The zero-order valence-electron chi connectivity index (χ0n) is 7.37. The van der Waals surface area contributed by atoms with Crippen LogP contribution in [0.1, 0.15) is 5.76 Å². The summed E-state index contributed by atoms with van der Waals surface area (Å²) in [5.74, 6) is 0.787. The van der Waals surface area contributed by atoms with Crippen molar-refractivity contribution in [3.63, 3.8) is 0 Å². The van der Waals surface area contributed by atoms with Crippen molar-refractivity contribution in [2.45, 2.75) is 0 Å². The molecule has 0 N–H and O–H groups in total. The number of furan rings is 1. The minimum absolute atomic E-state index is 0.251. The predicted molar refractivity (Wildman–Crippen MR) is 52.5 cm³/mol. The molecule has 0 saturated carbocycles. The second-order valence-electron chi connectivity index (χ2n) is 2.75. The first-order chi connectivity index (χ1) is 6.74. The van der Waals surface area contributed by atoms with E-state index in [2.05, 4.69) is 0 Å². The average Bonchev–Trinajstić information content (AvgIpc) is 2.59. The summed E-state index contributed by atoms with van der Waals surface area (Å²) in [6.07, 6.45) is 0. The molecular weight excluding hydrogens is 202 g/mol. The van der Waals surface area contributed by atoms with E-state index >= 15 is 0 Å². The van der Waals surface area contributed by atoms with Crippen LogP contribution in [0.2, 0.25) is 5.02 Å². The van der Waals surface area contributed by atoms with Crippen LogP contribution in [0.25, 0.3) is 11.0 Å². The van der Waals surface area contributed by atoms with E-state index in [-0.39, 0.29) is 5.76 Å². The van der Waals surface area contributed by atoms with Crippen LogP contribution < -0.4 is 4.74 Å². The molecule has 1 aromatic heterocycles. The van der Waals surface area contributed by atoms with Crippen molar-refractivity contribution in [3.05, 3.63) is 29.0 Å². The normalized spacial score (nSPS) is 10.1. The first kappa shape index (κ1) is 8.92. The molecule has 0 atom stereocenters. The fraction of sp³-hybridized carbons (Fsp3) is 0.100. The zero-order valence-corrected chi connectivity index (χ0v) is 8.13. The van der Waals surface area contributed by atoms with Crippen LogP contribution in [-0.4, -0.2) is 7.11 Å². The Balaban J connectivity index is 2.79. The summed E-state index contributed by atoms with van der Waals surface area (Å²) >= 11 is 5.85. The van der Waals surface area contributed by atoms with Gasteiger partial charge in [0, 0.05) is 22.5 Å². The molecular formula is C10H6ClNO2. The molecule has 2 rings (SSSR count). The van der Waals surface area contributed by atoms with E-state index in [9.17, 15) is 0 Å². The van der Waals surface area contributed by atoms with Crippen molar-refractivity contribution in [3.8, 4) is 11.8 Å². The fourth-order valence-corrected chi connectivity index (χ4v) is 1.51. The number of ether oxygens (including phenoxy) is 1. The first-order valence-corrected chi connectivity index (χ1v) is 4.29. The van der Waals surface area contributed by atoms with Gasteiger partial charge in [0.2, 0.25) is 5.76 Å². The van der Waals surface area contributed by atoms with E-state index in [0.717, 1.165) is 5.39 Å². The summed E-state index contributed by atoms with van der Waals surface area (Å²) in [7, 11) is 1.53. The maximum Gasteiger partial charge on any atom is 0.205 e. The predicted octanol–water partition coefficient (Wildman–Crippen LogP) is 2.97. The summed E-state index contributed by atoms with van der Waals surface area (Å²) in [5, 5.41) is 9.98. The maximum atomic E-state index is 8.65. The van der Waals surface area contributed by atoms with Gasteiger partial charge in [-0.25, -0.2) is 0 Å². The molecule has 0 unspecified atom stereocenters. The van der Waals surface area contributed by atoms with Crippen molar-refractivity contribution in [2.24, 2.45) is 0 Å². The van der Waals surface area contributed by atoms with Gasteiger partial charge in [-0.15, -0.1) is 0 Å². The van der Waals surface area contributed by atoms with Crippen LogP contribution in [0.3, 0.4) is 0 Å². The van der Waals surface area contributed by atoms with Crippen molar-refractivity contribution in [1.82, 2.24) is 0 Å². The van der Waals surface area contributed by atoms with E-state index in [1.165, 1.54) is 7.11 Å². The minimum Gasteiger partial charge on any atom is -0.493 e. The lowest BCUT2D eigenvalue weighted by molar-refractivity contribution is 0.409. The molecule has 0 radical (unpaired) electrons. The number of hydrogen-bond acceptors (Lipinski definition) is 3. The second kappa shape index (κ2) is 3.24. The number of hydrogen-bond donors (Lipinski definition) is 0. The number of benzene rings is 1. The lowest BCUT2D eigenvalue weighted by Gasteiger charge is -2.00. The number of fused-ring (bicyclic) bond motifs is 1. The highest BCUT2D eigenvalue weighted by Gasteiger charge is 2.09. The van der Waals surface area contributed by atoms with Gasteiger partial charge in [-0.2, -0.15) is 5.26 Å². The highest BCUT2D eigenvalue weighted by atomic mass is 35.5. The molecule has 0 spiro atoms. The largest absolute Gasteiger partial charge is 0.493 e. The van der Waals surface area contributed by atoms with Crippen molar-refractivity contribution >= 4 is 22.6 Å². The zero-order chi connectivity index (χ0) is 10.1. The summed E-state index contributed by atoms with van der Waals surface area (Å²) in [4.78, 5) is 0.